The first-order valence-corrected chi connectivity index (χ1v) is 9.43. The second-order valence-corrected chi connectivity index (χ2v) is 7.68. The number of Topliss-reactive ketones (excluding diaryl/α,β-unsaturated/α-hetero) is 1. The molecular weight excluding hydrogens is 332 g/mol. The summed E-state index contributed by atoms with van der Waals surface area (Å²) >= 11 is 1.73. The largest absolute Gasteiger partial charge is 0.469 e. The van der Waals surface area contributed by atoms with E-state index >= 15 is 0 Å². The number of aryl methyl sites for hydroxylation is 4. The molecule has 4 rings (SSSR count). The van der Waals surface area contributed by atoms with Crippen LogP contribution in [0.3, 0.4) is 0 Å². The second kappa shape index (κ2) is 6.56. The minimum atomic E-state index is -0.0166. The summed E-state index contributed by atoms with van der Waals surface area (Å²) in [6.07, 6.45) is 6.10. The Morgan fingerprint density at radius 1 is 1.20 bits per heavy atom. The van der Waals surface area contributed by atoms with E-state index in [0.29, 0.717) is 5.88 Å². The van der Waals surface area contributed by atoms with Crippen LogP contribution in [-0.2, 0) is 12.8 Å². The summed E-state index contributed by atoms with van der Waals surface area (Å²) in [5, 5.41) is 1.01. The molecule has 3 aromatic rings. The average Bonchev–Trinajstić information content (AvgIpc) is 3.01. The molecule has 0 amide bonds. The Morgan fingerprint density at radius 2 is 2.04 bits per heavy atom. The number of rotatable bonds is 4. The molecule has 4 nitrogen and oxygen atoms in total. The summed E-state index contributed by atoms with van der Waals surface area (Å²) in [5.74, 6) is 0.528. The van der Waals surface area contributed by atoms with Crippen molar-refractivity contribution in [3.63, 3.8) is 0 Å². The molecule has 1 aromatic carbocycles. The number of carbonyl (C=O) groups is 1. The Labute approximate surface area is 150 Å². The molecule has 128 valence electrons. The van der Waals surface area contributed by atoms with Gasteiger partial charge in [0, 0.05) is 10.4 Å². The van der Waals surface area contributed by atoms with Crippen LogP contribution in [0.1, 0.15) is 44.8 Å². The standard InChI is InChI=1S/C20H20N2O2S/c1-12-7-8-13(2)15(9-12)16(23)10-24-19-18-14-5-3-4-6-17(14)25-20(18)22-11-21-19/h7-9,11H,3-6,10H2,1-2H3. The maximum atomic E-state index is 12.6. The van der Waals surface area contributed by atoms with Crippen LogP contribution in [0.15, 0.2) is 24.5 Å². The van der Waals surface area contributed by atoms with E-state index in [9.17, 15) is 4.79 Å². The molecule has 0 unspecified atom stereocenters. The quantitative estimate of drug-likeness (QED) is 0.651. The van der Waals surface area contributed by atoms with Crippen molar-refractivity contribution in [1.82, 2.24) is 9.97 Å². The van der Waals surface area contributed by atoms with E-state index in [4.69, 9.17) is 4.74 Å². The number of hydrogen-bond donors (Lipinski definition) is 0. The molecule has 1 aliphatic rings. The van der Waals surface area contributed by atoms with Crippen molar-refractivity contribution in [2.75, 3.05) is 6.61 Å². The molecule has 0 radical (unpaired) electrons. The first-order chi connectivity index (χ1) is 12.1. The number of aromatic nitrogens is 2. The molecule has 1 aliphatic carbocycles. The molecule has 2 heterocycles. The average molecular weight is 352 g/mol. The fraction of sp³-hybridized carbons (Fsp3) is 0.350. The van der Waals surface area contributed by atoms with Gasteiger partial charge in [0.2, 0.25) is 11.7 Å². The lowest BCUT2D eigenvalue weighted by atomic mass is 9.97. The van der Waals surface area contributed by atoms with Gasteiger partial charge >= 0.3 is 0 Å². The lowest BCUT2D eigenvalue weighted by Gasteiger charge is -2.12. The zero-order valence-electron chi connectivity index (χ0n) is 14.5. The summed E-state index contributed by atoms with van der Waals surface area (Å²) in [4.78, 5) is 23.7. The minimum absolute atomic E-state index is 0.00102. The van der Waals surface area contributed by atoms with Gasteiger partial charge in [-0.2, -0.15) is 0 Å². The van der Waals surface area contributed by atoms with Crippen molar-refractivity contribution in [2.45, 2.75) is 39.5 Å². The van der Waals surface area contributed by atoms with Crippen molar-refractivity contribution in [3.8, 4) is 5.88 Å². The highest BCUT2D eigenvalue weighted by Gasteiger charge is 2.21. The van der Waals surface area contributed by atoms with Gasteiger partial charge in [0.1, 0.15) is 11.2 Å². The van der Waals surface area contributed by atoms with Gasteiger partial charge in [-0.15, -0.1) is 11.3 Å². The SMILES string of the molecule is Cc1ccc(C)c(C(=O)COc2ncnc3sc4c(c23)CCCC4)c1. The van der Waals surface area contributed by atoms with Crippen molar-refractivity contribution in [3.05, 3.63) is 51.7 Å². The van der Waals surface area contributed by atoms with Gasteiger partial charge in [0.05, 0.1) is 5.39 Å². The van der Waals surface area contributed by atoms with Gasteiger partial charge in [0.25, 0.3) is 0 Å². The zero-order valence-corrected chi connectivity index (χ0v) is 15.3. The van der Waals surface area contributed by atoms with E-state index in [1.807, 2.05) is 32.0 Å². The minimum Gasteiger partial charge on any atom is -0.469 e. The Kier molecular flexibility index (Phi) is 4.25. The van der Waals surface area contributed by atoms with Crippen molar-refractivity contribution < 1.29 is 9.53 Å². The maximum absolute atomic E-state index is 12.6. The normalized spacial score (nSPS) is 13.7. The van der Waals surface area contributed by atoms with E-state index < -0.39 is 0 Å². The highest BCUT2D eigenvalue weighted by Crippen LogP contribution is 2.38. The van der Waals surface area contributed by atoms with E-state index in [1.165, 1.54) is 29.6 Å². The molecule has 0 N–H and O–H groups in total. The van der Waals surface area contributed by atoms with Crippen LogP contribution in [0, 0.1) is 13.8 Å². The monoisotopic (exact) mass is 352 g/mol. The Hall–Kier alpha value is -2.27. The Balaban J connectivity index is 1.62. The lowest BCUT2D eigenvalue weighted by molar-refractivity contribution is 0.0918. The van der Waals surface area contributed by atoms with Crippen molar-refractivity contribution >= 4 is 27.3 Å². The van der Waals surface area contributed by atoms with E-state index in [-0.39, 0.29) is 12.4 Å². The second-order valence-electron chi connectivity index (χ2n) is 6.60. The molecular formula is C20H20N2O2S. The number of benzene rings is 1. The number of thiophene rings is 1. The first-order valence-electron chi connectivity index (χ1n) is 8.62. The van der Waals surface area contributed by atoms with Crippen LogP contribution in [0.4, 0.5) is 0 Å². The topological polar surface area (TPSA) is 52.1 Å². The van der Waals surface area contributed by atoms with Gasteiger partial charge in [0.15, 0.2) is 6.61 Å². The van der Waals surface area contributed by atoms with E-state index in [1.54, 1.807) is 11.3 Å². The Morgan fingerprint density at radius 3 is 2.92 bits per heavy atom. The number of nitrogens with zero attached hydrogens (tertiary/aromatic N) is 2. The fourth-order valence-electron chi connectivity index (χ4n) is 3.42. The number of ether oxygens (including phenoxy) is 1. The summed E-state index contributed by atoms with van der Waals surface area (Å²) in [6, 6.07) is 5.91. The van der Waals surface area contributed by atoms with Gasteiger partial charge in [-0.05, 0) is 56.7 Å². The van der Waals surface area contributed by atoms with Crippen LogP contribution in [0.5, 0.6) is 5.88 Å². The summed E-state index contributed by atoms with van der Waals surface area (Å²) in [6.45, 7) is 3.94. The van der Waals surface area contributed by atoms with Gasteiger partial charge in [-0.1, -0.05) is 17.7 Å². The van der Waals surface area contributed by atoms with Crippen LogP contribution < -0.4 is 4.74 Å². The lowest BCUT2D eigenvalue weighted by Crippen LogP contribution is -2.14. The number of fused-ring (bicyclic) bond motifs is 3. The van der Waals surface area contributed by atoms with Crippen molar-refractivity contribution in [2.24, 2.45) is 0 Å². The third-order valence-electron chi connectivity index (χ3n) is 4.75. The highest BCUT2D eigenvalue weighted by molar-refractivity contribution is 7.18. The molecule has 0 saturated carbocycles. The Bertz CT molecular complexity index is 962. The predicted molar refractivity (Wildman–Crippen MR) is 99.8 cm³/mol. The van der Waals surface area contributed by atoms with Gasteiger partial charge < -0.3 is 4.74 Å². The highest BCUT2D eigenvalue weighted by atomic mass is 32.1. The molecule has 0 saturated heterocycles. The molecule has 0 spiro atoms. The summed E-state index contributed by atoms with van der Waals surface area (Å²) < 4.78 is 5.86. The van der Waals surface area contributed by atoms with E-state index in [0.717, 1.165) is 39.7 Å². The number of carbonyl (C=O) groups excluding carboxylic acids is 1. The molecule has 5 heteroatoms. The summed E-state index contributed by atoms with van der Waals surface area (Å²) in [7, 11) is 0. The maximum Gasteiger partial charge on any atom is 0.226 e. The van der Waals surface area contributed by atoms with Crippen molar-refractivity contribution in [1.29, 1.82) is 0 Å². The zero-order chi connectivity index (χ0) is 17.4. The van der Waals surface area contributed by atoms with Crippen LogP contribution >= 0.6 is 11.3 Å². The third-order valence-corrected chi connectivity index (χ3v) is 5.95. The molecule has 0 fully saturated rings. The molecule has 0 atom stereocenters. The first kappa shape index (κ1) is 16.2. The molecule has 2 aromatic heterocycles. The molecule has 0 bridgehead atoms. The van der Waals surface area contributed by atoms with Gasteiger partial charge in [-0.3, -0.25) is 4.79 Å². The van der Waals surface area contributed by atoms with Crippen LogP contribution in [-0.4, -0.2) is 22.4 Å². The number of ketones is 1. The van der Waals surface area contributed by atoms with Crippen LogP contribution in [0.25, 0.3) is 10.2 Å². The number of hydrogen-bond acceptors (Lipinski definition) is 5. The van der Waals surface area contributed by atoms with Crippen LogP contribution in [0.2, 0.25) is 0 Å². The summed E-state index contributed by atoms with van der Waals surface area (Å²) in [5.41, 5.74) is 4.09. The third kappa shape index (κ3) is 3.04. The molecule has 25 heavy (non-hydrogen) atoms. The van der Waals surface area contributed by atoms with E-state index in [2.05, 4.69) is 9.97 Å². The molecule has 0 aliphatic heterocycles. The smallest absolute Gasteiger partial charge is 0.226 e. The van der Waals surface area contributed by atoms with Gasteiger partial charge in [-0.25, -0.2) is 9.97 Å². The predicted octanol–water partition coefficient (Wildman–Crippen LogP) is 4.45. The fourth-order valence-corrected chi connectivity index (χ4v) is 4.64.